The third kappa shape index (κ3) is 14.2. The van der Waals surface area contributed by atoms with E-state index in [4.69, 9.17) is 0 Å². The Bertz CT molecular complexity index is 438. The van der Waals surface area contributed by atoms with Gasteiger partial charge in [-0.2, -0.15) is 0 Å². The summed E-state index contributed by atoms with van der Waals surface area (Å²) in [6.45, 7) is 6.97. The van der Waals surface area contributed by atoms with E-state index in [0.29, 0.717) is 0 Å². The van der Waals surface area contributed by atoms with Crippen LogP contribution < -0.4 is 12.4 Å². The molecule has 0 saturated heterocycles. The molecule has 27 heavy (non-hydrogen) atoms. The lowest BCUT2D eigenvalue weighted by molar-refractivity contribution is -0.903. The van der Waals surface area contributed by atoms with Gasteiger partial charge in [-0.25, -0.2) is 0 Å². The zero-order chi connectivity index (χ0) is 19.1. The highest BCUT2D eigenvalue weighted by Gasteiger charge is 2.15. The topological polar surface area (TPSA) is 0 Å². The number of nitrogens with zero attached hydrogens (tertiary/aromatic N) is 1. The van der Waals surface area contributed by atoms with Gasteiger partial charge in [-0.3, -0.25) is 0 Å². The molecule has 0 radical (unpaired) electrons. The first-order chi connectivity index (χ1) is 12.6. The van der Waals surface area contributed by atoms with Gasteiger partial charge in [0.05, 0.1) is 20.6 Å². The minimum atomic E-state index is 0. The molecular formula is C25H46ClN. The maximum atomic E-state index is 2.38. The summed E-state index contributed by atoms with van der Waals surface area (Å²) in [5.74, 6) is 0. The summed E-state index contributed by atoms with van der Waals surface area (Å²) in [7, 11) is 4.76. The molecule has 0 unspecified atom stereocenters. The van der Waals surface area contributed by atoms with Crippen molar-refractivity contribution in [1.29, 1.82) is 0 Å². The maximum absolute atomic E-state index is 2.38. The summed E-state index contributed by atoms with van der Waals surface area (Å²) in [5, 5.41) is 0. The molecule has 158 valence electrons. The van der Waals surface area contributed by atoms with Crippen molar-refractivity contribution < 1.29 is 16.9 Å². The van der Waals surface area contributed by atoms with Crippen molar-refractivity contribution in [2.75, 3.05) is 20.6 Å². The summed E-state index contributed by atoms with van der Waals surface area (Å²) >= 11 is 0. The Morgan fingerprint density at radius 2 is 1.00 bits per heavy atom. The molecule has 0 aliphatic carbocycles. The Labute approximate surface area is 176 Å². The molecule has 0 amide bonds. The van der Waals surface area contributed by atoms with Gasteiger partial charge in [0.1, 0.15) is 6.54 Å². The minimum absolute atomic E-state index is 0. The van der Waals surface area contributed by atoms with Crippen LogP contribution in [0.1, 0.15) is 102 Å². The molecule has 0 fully saturated rings. The van der Waals surface area contributed by atoms with Crippen molar-refractivity contribution in [2.45, 2.75) is 104 Å². The minimum Gasteiger partial charge on any atom is -1.00 e. The first-order valence-corrected chi connectivity index (χ1v) is 11.5. The molecule has 0 aliphatic rings. The van der Waals surface area contributed by atoms with E-state index < -0.39 is 0 Å². The smallest absolute Gasteiger partial charge is 0.104 e. The van der Waals surface area contributed by atoms with Crippen LogP contribution >= 0.6 is 0 Å². The van der Waals surface area contributed by atoms with Crippen LogP contribution in [0.5, 0.6) is 0 Å². The van der Waals surface area contributed by atoms with E-state index in [1.807, 2.05) is 0 Å². The zero-order valence-electron chi connectivity index (χ0n) is 18.7. The van der Waals surface area contributed by atoms with Crippen LogP contribution in [0.4, 0.5) is 0 Å². The molecule has 1 nitrogen and oxygen atoms in total. The lowest BCUT2D eigenvalue weighted by Gasteiger charge is -2.30. The lowest BCUT2D eigenvalue weighted by atomic mass is 10.0. The Hall–Kier alpha value is -0.530. The number of hydrogen-bond donors (Lipinski definition) is 0. The fraction of sp³-hybridized carbons (Fsp3) is 0.760. The molecule has 0 aliphatic heterocycles. The highest BCUT2D eigenvalue weighted by Crippen LogP contribution is 2.15. The van der Waals surface area contributed by atoms with Crippen LogP contribution in [0.2, 0.25) is 0 Å². The average molecular weight is 396 g/mol. The molecule has 0 atom stereocenters. The van der Waals surface area contributed by atoms with Gasteiger partial charge in [-0.1, -0.05) is 102 Å². The number of quaternary nitrogens is 1. The summed E-state index contributed by atoms with van der Waals surface area (Å²) in [5.41, 5.74) is 2.92. The van der Waals surface area contributed by atoms with Crippen molar-refractivity contribution in [3.8, 4) is 0 Å². The third-order valence-corrected chi connectivity index (χ3v) is 5.66. The maximum Gasteiger partial charge on any atom is 0.104 e. The molecule has 0 aromatic heterocycles. The van der Waals surface area contributed by atoms with Gasteiger partial charge in [0, 0.05) is 5.56 Å². The van der Waals surface area contributed by atoms with Gasteiger partial charge >= 0.3 is 0 Å². The monoisotopic (exact) mass is 395 g/mol. The largest absolute Gasteiger partial charge is 1.00 e. The average Bonchev–Trinajstić information content (AvgIpc) is 2.63. The second kappa shape index (κ2) is 16.4. The van der Waals surface area contributed by atoms with Gasteiger partial charge < -0.3 is 16.9 Å². The highest BCUT2D eigenvalue weighted by molar-refractivity contribution is 5.21. The highest BCUT2D eigenvalue weighted by atomic mass is 35.5. The zero-order valence-corrected chi connectivity index (χ0v) is 19.5. The van der Waals surface area contributed by atoms with Crippen LogP contribution in [0.3, 0.4) is 0 Å². The second-order valence-electron chi connectivity index (χ2n) is 8.88. The van der Waals surface area contributed by atoms with Crippen LogP contribution in [0.25, 0.3) is 0 Å². The van der Waals surface area contributed by atoms with Crippen molar-refractivity contribution in [3.63, 3.8) is 0 Å². The third-order valence-electron chi connectivity index (χ3n) is 5.66. The fourth-order valence-corrected chi connectivity index (χ4v) is 3.83. The number of rotatable bonds is 16. The molecule has 0 heterocycles. The standard InChI is InChI=1S/C25H46N.ClH/c1-5-7-8-9-10-11-12-13-14-15-16-17-22-26(3,4)23-25-20-18-24(6-2)19-21-25;/h18-21H,5-17,22-23H2,1-4H3;1H/q+1;/p-1. The molecule has 0 N–H and O–H groups in total. The van der Waals surface area contributed by atoms with E-state index >= 15 is 0 Å². The van der Waals surface area contributed by atoms with E-state index in [9.17, 15) is 0 Å². The summed E-state index contributed by atoms with van der Waals surface area (Å²) in [4.78, 5) is 0. The number of benzene rings is 1. The van der Waals surface area contributed by atoms with Gasteiger partial charge in [0.15, 0.2) is 0 Å². The van der Waals surface area contributed by atoms with Crippen molar-refractivity contribution in [2.24, 2.45) is 0 Å². The summed E-state index contributed by atoms with van der Waals surface area (Å²) in [6, 6.07) is 9.22. The lowest BCUT2D eigenvalue weighted by Crippen LogP contribution is -3.00. The summed E-state index contributed by atoms with van der Waals surface area (Å²) < 4.78 is 1.11. The van der Waals surface area contributed by atoms with Crippen LogP contribution in [0.15, 0.2) is 24.3 Å². The van der Waals surface area contributed by atoms with Crippen molar-refractivity contribution in [1.82, 2.24) is 0 Å². The van der Waals surface area contributed by atoms with Crippen LogP contribution in [-0.4, -0.2) is 25.1 Å². The molecule has 1 aromatic carbocycles. The quantitative estimate of drug-likeness (QED) is 0.285. The Morgan fingerprint density at radius 3 is 1.44 bits per heavy atom. The number of unbranched alkanes of at least 4 members (excludes halogenated alkanes) is 11. The first kappa shape index (κ1) is 26.5. The molecule has 0 saturated carbocycles. The Morgan fingerprint density at radius 1 is 0.593 bits per heavy atom. The van der Waals surface area contributed by atoms with Crippen LogP contribution in [0, 0.1) is 0 Å². The van der Waals surface area contributed by atoms with Crippen LogP contribution in [-0.2, 0) is 13.0 Å². The summed E-state index contributed by atoms with van der Waals surface area (Å²) in [6.07, 6.45) is 18.3. The van der Waals surface area contributed by atoms with E-state index in [-0.39, 0.29) is 12.4 Å². The SMILES string of the molecule is CCCCCCCCCCCCCC[N+](C)(C)Cc1ccc(CC)cc1.[Cl-]. The first-order valence-electron chi connectivity index (χ1n) is 11.5. The van der Waals surface area contributed by atoms with E-state index in [0.717, 1.165) is 17.4 Å². The molecule has 1 aromatic rings. The second-order valence-corrected chi connectivity index (χ2v) is 8.88. The van der Waals surface area contributed by atoms with Gasteiger partial charge in [0.25, 0.3) is 0 Å². The van der Waals surface area contributed by atoms with Crippen molar-refractivity contribution >= 4 is 0 Å². The molecular weight excluding hydrogens is 350 g/mol. The van der Waals surface area contributed by atoms with E-state index in [1.165, 1.54) is 94.7 Å². The van der Waals surface area contributed by atoms with Gasteiger partial charge in [-0.15, -0.1) is 0 Å². The molecule has 1 rings (SSSR count). The predicted octanol–water partition coefficient (Wildman–Crippen LogP) is 4.53. The van der Waals surface area contributed by atoms with Gasteiger partial charge in [0.2, 0.25) is 0 Å². The van der Waals surface area contributed by atoms with Crippen molar-refractivity contribution in [3.05, 3.63) is 35.4 Å². The molecule has 0 spiro atoms. The van der Waals surface area contributed by atoms with E-state index in [2.05, 4.69) is 52.2 Å². The molecule has 0 bridgehead atoms. The number of hydrogen-bond acceptors (Lipinski definition) is 0. The Balaban J connectivity index is 0.00000676. The number of aryl methyl sites for hydroxylation is 1. The van der Waals surface area contributed by atoms with E-state index in [1.54, 1.807) is 0 Å². The fourth-order valence-electron chi connectivity index (χ4n) is 3.83. The number of halogens is 1. The molecule has 2 heteroatoms. The Kier molecular flexibility index (Phi) is 16.1. The predicted molar refractivity (Wildman–Crippen MR) is 118 cm³/mol. The van der Waals surface area contributed by atoms with Gasteiger partial charge in [-0.05, 0) is 24.8 Å². The normalized spacial score (nSPS) is 11.4.